The van der Waals surface area contributed by atoms with Crippen LogP contribution in [-0.4, -0.2) is 53.1 Å². The molecule has 0 radical (unpaired) electrons. The number of ether oxygens (including phenoxy) is 1. The number of hydrogen-bond acceptors (Lipinski definition) is 6. The Hall–Kier alpha value is -3.26. The smallest absolute Gasteiger partial charge is 0.339 e. The zero-order valence-electron chi connectivity index (χ0n) is 20.4. The third-order valence-corrected chi connectivity index (χ3v) is 6.79. The summed E-state index contributed by atoms with van der Waals surface area (Å²) in [6.07, 6.45) is 5.17. The van der Waals surface area contributed by atoms with E-state index in [1.807, 2.05) is 36.4 Å². The first-order valence-corrected chi connectivity index (χ1v) is 12.3. The molecule has 0 bridgehead atoms. The number of hydrogen-bond donors (Lipinski definition) is 2. The lowest BCUT2D eigenvalue weighted by Gasteiger charge is -2.21. The highest BCUT2D eigenvalue weighted by Crippen LogP contribution is 2.27. The molecule has 2 heterocycles. The van der Waals surface area contributed by atoms with E-state index < -0.39 is 12.1 Å². The van der Waals surface area contributed by atoms with Gasteiger partial charge in [0.05, 0.1) is 18.8 Å². The Morgan fingerprint density at radius 3 is 2.50 bits per heavy atom. The lowest BCUT2D eigenvalue weighted by molar-refractivity contribution is 0.0600. The summed E-state index contributed by atoms with van der Waals surface area (Å²) >= 11 is 5.96. The third kappa shape index (κ3) is 6.29. The van der Waals surface area contributed by atoms with Crippen LogP contribution in [0.3, 0.4) is 0 Å². The summed E-state index contributed by atoms with van der Waals surface area (Å²) in [6.45, 7) is 0.321. The summed E-state index contributed by atoms with van der Waals surface area (Å²) in [7, 11) is 3.04. The molecule has 0 spiro atoms. The minimum atomic E-state index is -0.577. The van der Waals surface area contributed by atoms with Gasteiger partial charge in [-0.1, -0.05) is 35.9 Å². The fourth-order valence-corrected chi connectivity index (χ4v) is 4.72. The third-order valence-electron chi connectivity index (χ3n) is 6.53. The quantitative estimate of drug-likeness (QED) is 0.444. The lowest BCUT2D eigenvalue weighted by Crippen LogP contribution is -2.35. The number of benzene rings is 2. The Morgan fingerprint density at radius 1 is 1.08 bits per heavy atom. The zero-order chi connectivity index (χ0) is 25.7. The maximum Gasteiger partial charge on any atom is 0.339 e. The van der Waals surface area contributed by atoms with Crippen LogP contribution >= 0.6 is 11.6 Å². The number of pyridine rings is 1. The van der Waals surface area contributed by atoms with Crippen molar-refractivity contribution in [2.45, 2.75) is 44.0 Å². The first-order valence-electron chi connectivity index (χ1n) is 11.9. The number of aliphatic hydroxyl groups is 1. The highest BCUT2D eigenvalue weighted by atomic mass is 35.5. The second-order valence-electron chi connectivity index (χ2n) is 9.18. The lowest BCUT2D eigenvalue weighted by atomic mass is 10.0. The summed E-state index contributed by atoms with van der Waals surface area (Å²) in [5.41, 5.74) is 3.67. The molecule has 1 aliphatic heterocycles. The number of aromatic nitrogens is 1. The van der Waals surface area contributed by atoms with E-state index in [1.165, 1.54) is 13.3 Å². The van der Waals surface area contributed by atoms with Crippen molar-refractivity contribution in [3.63, 3.8) is 0 Å². The Balaban J connectivity index is 1.31. The molecular formula is C28H30ClN3O4. The van der Waals surface area contributed by atoms with Gasteiger partial charge in [-0.05, 0) is 66.3 Å². The second kappa shape index (κ2) is 11.6. The molecule has 0 unspecified atom stereocenters. The van der Waals surface area contributed by atoms with Gasteiger partial charge < -0.3 is 20.1 Å². The average molecular weight is 508 g/mol. The minimum Gasteiger partial charge on any atom is -0.465 e. The van der Waals surface area contributed by atoms with Gasteiger partial charge in [0.2, 0.25) is 0 Å². The molecule has 0 saturated carbocycles. The molecular weight excluding hydrogens is 478 g/mol. The molecule has 2 aromatic carbocycles. The largest absolute Gasteiger partial charge is 0.465 e. The SMILES string of the molecule is COC(=O)c1cncc(CN(C)C(=O)c2ccc(C[C@@H]3CC[C@H]([C@H](O)c4ccc(Cl)cc4)N3)cc2)c1. The Bertz CT molecular complexity index is 1200. The maximum atomic E-state index is 12.9. The van der Waals surface area contributed by atoms with Crippen molar-refractivity contribution in [3.05, 3.63) is 99.8 Å². The first kappa shape index (κ1) is 25.8. The van der Waals surface area contributed by atoms with E-state index in [9.17, 15) is 14.7 Å². The number of methoxy groups -OCH3 is 1. The molecule has 1 amide bonds. The highest BCUT2D eigenvalue weighted by molar-refractivity contribution is 6.30. The topological polar surface area (TPSA) is 91.8 Å². The summed E-state index contributed by atoms with van der Waals surface area (Å²) in [5.74, 6) is -0.577. The number of aliphatic hydroxyl groups excluding tert-OH is 1. The summed E-state index contributed by atoms with van der Waals surface area (Å²) in [5, 5.41) is 14.9. The predicted octanol–water partition coefficient (Wildman–Crippen LogP) is 4.19. The molecule has 36 heavy (non-hydrogen) atoms. The van der Waals surface area contributed by atoms with Gasteiger partial charge >= 0.3 is 5.97 Å². The van der Waals surface area contributed by atoms with Gasteiger partial charge in [0.25, 0.3) is 5.91 Å². The summed E-state index contributed by atoms with van der Waals surface area (Å²) in [4.78, 5) is 30.3. The van der Waals surface area contributed by atoms with E-state index >= 15 is 0 Å². The van der Waals surface area contributed by atoms with Gasteiger partial charge in [-0.2, -0.15) is 0 Å². The van der Waals surface area contributed by atoms with Gasteiger partial charge in [-0.15, -0.1) is 0 Å². The molecule has 3 aromatic rings. The van der Waals surface area contributed by atoms with Crippen LogP contribution in [0.1, 0.15) is 56.4 Å². The number of nitrogens with one attached hydrogen (secondary N) is 1. The van der Waals surface area contributed by atoms with Crippen LogP contribution in [-0.2, 0) is 17.7 Å². The number of esters is 1. The zero-order valence-corrected chi connectivity index (χ0v) is 21.1. The number of amides is 1. The fraction of sp³-hybridized carbons (Fsp3) is 0.321. The van der Waals surface area contributed by atoms with Crippen LogP contribution in [0.15, 0.2) is 67.0 Å². The Kier molecular flexibility index (Phi) is 8.36. The molecule has 2 N–H and O–H groups in total. The molecule has 188 valence electrons. The van der Waals surface area contributed by atoms with Gasteiger partial charge in [0.1, 0.15) is 0 Å². The molecule has 0 aliphatic carbocycles. The van der Waals surface area contributed by atoms with Gasteiger partial charge in [-0.3, -0.25) is 9.78 Å². The molecule has 7 nitrogen and oxygen atoms in total. The Morgan fingerprint density at radius 2 is 1.81 bits per heavy atom. The highest BCUT2D eigenvalue weighted by Gasteiger charge is 2.30. The standard InChI is InChI=1S/C28H30ClN3O4/c1-32(17-19-13-22(16-30-15-19)28(35)36-2)27(34)21-5-3-18(4-6-21)14-24-11-12-25(31-24)26(33)20-7-9-23(29)10-8-20/h3-10,13,15-16,24-26,31,33H,11-12,14,17H2,1-2H3/t24-,25+,26+/m0/s1. The number of carbonyl (C=O) groups is 2. The van der Waals surface area contributed by atoms with Crippen molar-refractivity contribution in [2.75, 3.05) is 14.2 Å². The molecule has 1 fully saturated rings. The number of rotatable bonds is 8. The van der Waals surface area contributed by atoms with E-state index in [1.54, 1.807) is 36.3 Å². The van der Waals surface area contributed by atoms with Crippen molar-refractivity contribution in [3.8, 4) is 0 Å². The maximum absolute atomic E-state index is 12.9. The van der Waals surface area contributed by atoms with Crippen molar-refractivity contribution < 1.29 is 19.4 Å². The van der Waals surface area contributed by atoms with Gasteiger partial charge in [-0.25, -0.2) is 4.79 Å². The molecule has 1 aliphatic rings. The van der Waals surface area contributed by atoms with Crippen LogP contribution in [0.4, 0.5) is 0 Å². The van der Waals surface area contributed by atoms with Gasteiger partial charge in [0, 0.05) is 48.7 Å². The van der Waals surface area contributed by atoms with E-state index in [0.717, 1.165) is 36.0 Å². The van der Waals surface area contributed by atoms with Crippen LogP contribution in [0.5, 0.6) is 0 Å². The van der Waals surface area contributed by atoms with Gasteiger partial charge in [0.15, 0.2) is 0 Å². The van der Waals surface area contributed by atoms with E-state index in [-0.39, 0.29) is 18.0 Å². The predicted molar refractivity (Wildman–Crippen MR) is 138 cm³/mol. The first-order chi connectivity index (χ1) is 17.3. The van der Waals surface area contributed by atoms with Crippen molar-refractivity contribution >= 4 is 23.5 Å². The molecule has 4 rings (SSSR count). The van der Waals surface area contributed by atoms with Crippen LogP contribution < -0.4 is 5.32 Å². The average Bonchev–Trinajstić information content (AvgIpc) is 3.36. The van der Waals surface area contributed by atoms with Crippen molar-refractivity contribution in [1.29, 1.82) is 0 Å². The van der Waals surface area contributed by atoms with Crippen LogP contribution in [0, 0.1) is 0 Å². The molecule has 1 aromatic heterocycles. The monoisotopic (exact) mass is 507 g/mol. The molecule has 1 saturated heterocycles. The summed E-state index contributed by atoms with van der Waals surface area (Å²) < 4.78 is 4.73. The second-order valence-corrected chi connectivity index (χ2v) is 9.62. The fourth-order valence-electron chi connectivity index (χ4n) is 4.59. The number of halogens is 1. The normalized spacial score (nSPS) is 18.0. The summed E-state index contributed by atoms with van der Waals surface area (Å²) in [6, 6.07) is 16.9. The van der Waals surface area contributed by atoms with E-state index in [2.05, 4.69) is 10.3 Å². The minimum absolute atomic E-state index is 0.00199. The number of carbonyl (C=O) groups excluding carboxylic acids is 2. The van der Waals surface area contributed by atoms with Crippen LogP contribution in [0.2, 0.25) is 5.02 Å². The number of nitrogens with zero attached hydrogens (tertiary/aromatic N) is 2. The van der Waals surface area contributed by atoms with Crippen LogP contribution in [0.25, 0.3) is 0 Å². The molecule has 3 atom stereocenters. The Labute approximate surface area is 216 Å². The van der Waals surface area contributed by atoms with E-state index in [4.69, 9.17) is 16.3 Å². The van der Waals surface area contributed by atoms with E-state index in [0.29, 0.717) is 22.7 Å². The molecule has 8 heteroatoms. The van der Waals surface area contributed by atoms with Crippen molar-refractivity contribution in [2.24, 2.45) is 0 Å². The van der Waals surface area contributed by atoms with Crippen molar-refractivity contribution in [1.82, 2.24) is 15.2 Å².